The number of benzene rings is 6. The van der Waals surface area contributed by atoms with E-state index in [0.29, 0.717) is 152 Å². The fourth-order valence-corrected chi connectivity index (χ4v) is 15.9. The van der Waals surface area contributed by atoms with E-state index < -0.39 is 65.6 Å². The van der Waals surface area contributed by atoms with Gasteiger partial charge >= 0.3 is 36.6 Å². The van der Waals surface area contributed by atoms with Crippen molar-refractivity contribution in [1.82, 2.24) is 54.0 Å². The number of amides is 6. The van der Waals surface area contributed by atoms with E-state index >= 15 is 0 Å². The van der Waals surface area contributed by atoms with Crippen LogP contribution in [0.5, 0.6) is 0 Å². The highest BCUT2D eigenvalue weighted by Crippen LogP contribution is 2.38. The number of H-pyrrole nitrogens is 1. The molecule has 0 spiro atoms. The van der Waals surface area contributed by atoms with Gasteiger partial charge in [-0.1, -0.05) is 41.5 Å². The summed E-state index contributed by atoms with van der Waals surface area (Å²) >= 11 is 1.53. The van der Waals surface area contributed by atoms with Crippen LogP contribution in [0, 0.1) is 34.9 Å². The van der Waals surface area contributed by atoms with Gasteiger partial charge in [0.25, 0.3) is 0 Å². The lowest BCUT2D eigenvalue weighted by molar-refractivity contribution is 0.138. The first-order chi connectivity index (χ1) is 64.0. The molecular weight excluding hydrogens is 1730 g/mol. The number of anilines is 6. The molecule has 15 aromatic rings. The molecule has 6 aromatic carbocycles. The fourth-order valence-electron chi connectivity index (χ4n) is 15.3. The minimum atomic E-state index is -0.432. The van der Waals surface area contributed by atoms with Gasteiger partial charge in [0.15, 0.2) is 16.9 Å². The van der Waals surface area contributed by atoms with Crippen LogP contribution in [-0.4, -0.2) is 166 Å². The van der Waals surface area contributed by atoms with Crippen LogP contribution in [0.1, 0.15) is 80.1 Å². The van der Waals surface area contributed by atoms with Crippen LogP contribution in [0.25, 0.3) is 83.8 Å². The highest BCUT2D eigenvalue weighted by Gasteiger charge is 2.38. The standard InChI is InChI=1S/3C17H15FN4O2.C15H14FNO3.C15H14FNO2S.C14H14FN3O2/c1-2-13-9-22(17(23)24-13)12-4-5-14(15(18)7-12)11-3-6-16-20-19-10-21(16)8-11;1-2-13-9-21(17(23)24-13)12-4-5-14(15(18)7-12)11-3-6-16-19-10-20-22(16)8-11;1-2-13-9-21(17(23)24-13)12-3-4-14(15(18)8-12)11-5-6-22-16(7-11)19-10-20-22;1-2-12-8-17(15(18)20-12)11-3-4-13(14(16)7-11)10-5-6-19-9-10;1-2-12-8-17(15(18)19-12)11-3-4-13(14(16)7-11)10-5-6-20-9-10;1-2-10-8-18(14(19)20-10)9-3-4-11(12(15)7-9)13-5-6-16-17-13/h3*3-8,10,13H,2,9H2,1H3;2*3-7,9,12H,2,8H2,1H3;3-7,10H,2,8H2,1H3,(H,16,17)/t3*13-;2*12-;10-/m000000/s1. The van der Waals surface area contributed by atoms with Crippen LogP contribution in [0.2, 0.25) is 0 Å². The monoisotopic (exact) mass is 1820 g/mol. The molecule has 132 heavy (non-hydrogen) atoms. The number of thiophene rings is 1. The SMILES string of the molecule is CC[C@H]1CN(c2ccc(-c3ccc4ncnn4c3)c(F)c2)C(=O)O1.CC[C@H]1CN(c2ccc(-c3ccc4nncn4c3)c(F)c2)C(=O)O1.CC[C@H]1CN(c2ccc(-c3ccn4ncnc4c3)c(F)c2)C(=O)O1.CC[C@H]1CN(c2ccc(-c3ccn[nH]3)c(F)c2)C(=O)O1.CC[C@H]1CN(c2ccc(-c3ccoc3)c(F)c2)C(=O)O1.CC[C@H]1CN(c2ccc(-c3ccsc3)c(F)c2)C(=O)O1. The lowest BCUT2D eigenvalue weighted by atomic mass is 10.1. The van der Waals surface area contributed by atoms with E-state index in [1.54, 1.807) is 166 Å². The molecule has 6 aliphatic rings. The second kappa shape index (κ2) is 40.1. The van der Waals surface area contributed by atoms with E-state index in [1.807, 2.05) is 58.4 Å². The predicted molar refractivity (Wildman–Crippen MR) is 480 cm³/mol. The van der Waals surface area contributed by atoms with E-state index in [1.165, 1.54) is 102 Å². The summed E-state index contributed by atoms with van der Waals surface area (Å²) in [5.74, 6) is -2.32. The Kier molecular flexibility index (Phi) is 27.3. The molecule has 37 heteroatoms. The third-order valence-electron chi connectivity index (χ3n) is 22.8. The number of hydrogen-bond acceptors (Lipinski definition) is 21. The number of hydrogen-bond donors (Lipinski definition) is 1. The molecule has 678 valence electrons. The maximum absolute atomic E-state index is 14.6. The molecule has 0 aliphatic carbocycles. The minimum Gasteiger partial charge on any atom is -0.472 e. The molecule has 0 saturated carbocycles. The quantitative estimate of drug-likeness (QED) is 0.0616. The van der Waals surface area contributed by atoms with Gasteiger partial charge in [0.05, 0.1) is 91.6 Å². The molecule has 6 fully saturated rings. The Morgan fingerprint density at radius 3 is 1.11 bits per heavy atom. The summed E-state index contributed by atoms with van der Waals surface area (Å²) in [4.78, 5) is 87.8. The van der Waals surface area contributed by atoms with Gasteiger partial charge in [-0.2, -0.15) is 26.6 Å². The van der Waals surface area contributed by atoms with Gasteiger partial charge in [0.1, 0.15) is 90.5 Å². The number of ether oxygens (including phenoxy) is 6. The molecular formula is C95H87F6N17O13S. The molecule has 6 amide bonds. The Morgan fingerprint density at radius 2 is 0.742 bits per heavy atom. The van der Waals surface area contributed by atoms with Gasteiger partial charge in [0, 0.05) is 74.9 Å². The van der Waals surface area contributed by atoms with E-state index in [4.69, 9.17) is 32.8 Å². The number of furan rings is 1. The van der Waals surface area contributed by atoms with Crippen LogP contribution < -0.4 is 29.4 Å². The first-order valence-electron chi connectivity index (χ1n) is 42.6. The van der Waals surface area contributed by atoms with Crippen molar-refractivity contribution in [3.05, 3.63) is 266 Å². The number of aromatic nitrogens is 11. The second-order valence-electron chi connectivity index (χ2n) is 31.1. The topological polar surface area (TPSA) is 310 Å². The number of carbonyl (C=O) groups excluding carboxylic acids is 6. The molecule has 6 atom stereocenters. The summed E-state index contributed by atoms with van der Waals surface area (Å²) in [6, 6.07) is 44.4. The van der Waals surface area contributed by atoms with E-state index in [0.717, 1.165) is 44.1 Å². The molecule has 1 N–H and O–H groups in total. The number of nitrogens with zero attached hydrogens (tertiary/aromatic N) is 16. The Balaban J connectivity index is 0.000000116. The molecule has 0 unspecified atom stereocenters. The van der Waals surface area contributed by atoms with Crippen LogP contribution >= 0.6 is 11.3 Å². The average Bonchev–Trinajstić information content (AvgIpc) is 1.52. The van der Waals surface area contributed by atoms with Crippen molar-refractivity contribution < 1.29 is 87.9 Å². The third-order valence-corrected chi connectivity index (χ3v) is 23.5. The van der Waals surface area contributed by atoms with Crippen LogP contribution in [0.3, 0.4) is 0 Å². The highest BCUT2D eigenvalue weighted by atomic mass is 32.1. The van der Waals surface area contributed by atoms with Crippen molar-refractivity contribution >= 4 is 99.0 Å². The molecule has 9 aromatic heterocycles. The van der Waals surface area contributed by atoms with Gasteiger partial charge in [-0.25, -0.2) is 74.1 Å². The third kappa shape index (κ3) is 19.9. The number of fused-ring (bicyclic) bond motifs is 3. The first kappa shape index (κ1) is 89.9. The molecule has 0 radical (unpaired) electrons. The number of pyridine rings is 3. The Bertz CT molecular complexity index is 6060. The van der Waals surface area contributed by atoms with Crippen molar-refractivity contribution in [1.29, 1.82) is 0 Å². The number of halogens is 6. The van der Waals surface area contributed by atoms with E-state index in [9.17, 15) is 55.1 Å². The molecule has 21 rings (SSSR count). The van der Waals surface area contributed by atoms with Gasteiger partial charge in [0.2, 0.25) is 0 Å². The molecule has 30 nitrogen and oxygen atoms in total. The van der Waals surface area contributed by atoms with Gasteiger partial charge < -0.3 is 32.8 Å². The first-order valence-corrected chi connectivity index (χ1v) is 43.6. The number of nitrogens with one attached hydrogen (secondary N) is 1. The maximum Gasteiger partial charge on any atom is 0.414 e. The summed E-state index contributed by atoms with van der Waals surface area (Å²) in [5.41, 5.74) is 12.1. The van der Waals surface area contributed by atoms with Crippen molar-refractivity contribution in [2.24, 2.45) is 0 Å². The fraction of sp³-hybridized carbons (Fsp3) is 0.253. The number of cyclic esters (lactones) is 6. The van der Waals surface area contributed by atoms with Crippen molar-refractivity contribution in [2.75, 3.05) is 68.7 Å². The maximum atomic E-state index is 14.6. The second-order valence-corrected chi connectivity index (χ2v) is 31.9. The zero-order chi connectivity index (χ0) is 92.4. The zero-order valence-electron chi connectivity index (χ0n) is 72.0. The van der Waals surface area contributed by atoms with Crippen molar-refractivity contribution in [2.45, 2.75) is 117 Å². The minimum absolute atomic E-state index is 0.109. The average molecular weight is 1820 g/mol. The van der Waals surface area contributed by atoms with Crippen molar-refractivity contribution in [3.63, 3.8) is 0 Å². The summed E-state index contributed by atoms with van der Waals surface area (Å²) < 4.78 is 127. The highest BCUT2D eigenvalue weighted by molar-refractivity contribution is 7.08. The number of aromatic amines is 1. The Labute approximate surface area is 755 Å². The molecule has 6 aliphatic heterocycles. The molecule has 0 bridgehead atoms. The Hall–Kier alpha value is -15.4. The number of rotatable bonds is 18. The zero-order valence-corrected chi connectivity index (χ0v) is 72.8. The van der Waals surface area contributed by atoms with Crippen LogP contribution in [0.4, 0.5) is 89.2 Å². The number of carbonyl (C=O) groups is 6. The van der Waals surface area contributed by atoms with Crippen LogP contribution in [0.15, 0.2) is 235 Å². The predicted octanol–water partition coefficient (Wildman–Crippen LogP) is 20.9. The lowest BCUT2D eigenvalue weighted by Gasteiger charge is -2.14. The summed E-state index contributed by atoms with van der Waals surface area (Å²) in [7, 11) is 0. The van der Waals surface area contributed by atoms with E-state index in [2.05, 4.69) is 40.6 Å². The van der Waals surface area contributed by atoms with Gasteiger partial charge in [-0.15, -0.1) is 10.2 Å². The van der Waals surface area contributed by atoms with Crippen molar-refractivity contribution in [3.8, 4) is 66.9 Å². The van der Waals surface area contributed by atoms with Crippen LogP contribution in [-0.2, 0) is 28.4 Å². The lowest BCUT2D eigenvalue weighted by Crippen LogP contribution is -2.24. The largest absolute Gasteiger partial charge is 0.472 e. The Morgan fingerprint density at radius 1 is 0.371 bits per heavy atom. The van der Waals surface area contributed by atoms with Gasteiger partial charge in [-0.05, 0) is 224 Å². The summed E-state index contributed by atoms with van der Waals surface area (Å²) in [5, 5.41) is 26.1. The van der Waals surface area contributed by atoms with Gasteiger partial charge in [-0.3, -0.25) is 38.9 Å². The summed E-state index contributed by atoms with van der Waals surface area (Å²) in [6.45, 7) is 14.4. The normalized spacial score (nSPS) is 17.9. The summed E-state index contributed by atoms with van der Waals surface area (Å²) in [6.07, 6.45) is 15.3. The molecule has 6 saturated heterocycles. The molecule has 15 heterocycles. The van der Waals surface area contributed by atoms with E-state index in [-0.39, 0.29) is 42.4 Å². The smallest absolute Gasteiger partial charge is 0.414 e.